The lowest BCUT2D eigenvalue weighted by Gasteiger charge is -2.15. The van der Waals surface area contributed by atoms with E-state index in [1.165, 1.54) is 21.3 Å². The molecule has 3 rings (SSSR count). The van der Waals surface area contributed by atoms with Crippen LogP contribution in [-0.2, 0) is 0 Å². The van der Waals surface area contributed by atoms with Crippen molar-refractivity contribution in [2.24, 2.45) is 0 Å². The molecule has 0 saturated heterocycles. The van der Waals surface area contributed by atoms with Gasteiger partial charge in [0, 0.05) is 0 Å². The lowest BCUT2D eigenvalue weighted by atomic mass is 10.0. The van der Waals surface area contributed by atoms with Gasteiger partial charge in [-0.05, 0) is 18.6 Å². The summed E-state index contributed by atoms with van der Waals surface area (Å²) in [6, 6.07) is 9.28. The maximum Gasteiger partial charge on any atom is 0.344 e. The van der Waals surface area contributed by atoms with Crippen LogP contribution in [0.1, 0.15) is 5.56 Å². The van der Waals surface area contributed by atoms with E-state index in [9.17, 15) is 4.79 Å². The van der Waals surface area contributed by atoms with Gasteiger partial charge >= 0.3 is 5.63 Å². The van der Waals surface area contributed by atoms with Crippen LogP contribution >= 0.6 is 11.6 Å². The Labute approximate surface area is 149 Å². The highest BCUT2D eigenvalue weighted by atomic mass is 35.5. The van der Waals surface area contributed by atoms with Gasteiger partial charge in [0.05, 0.1) is 32.3 Å². The summed E-state index contributed by atoms with van der Waals surface area (Å²) in [6.07, 6.45) is 0. The largest absolute Gasteiger partial charge is 0.494 e. The number of ether oxygens (including phenoxy) is 3. The number of hydrogen-bond donors (Lipinski definition) is 0. The van der Waals surface area contributed by atoms with Gasteiger partial charge < -0.3 is 18.6 Å². The van der Waals surface area contributed by atoms with Gasteiger partial charge in [0.2, 0.25) is 5.75 Å². The molecule has 1 heterocycles. The van der Waals surface area contributed by atoms with Crippen molar-refractivity contribution >= 4 is 22.6 Å². The van der Waals surface area contributed by atoms with Crippen LogP contribution in [0, 0.1) is 6.92 Å². The van der Waals surface area contributed by atoms with Gasteiger partial charge in [-0.1, -0.05) is 41.4 Å². The molecule has 0 aliphatic heterocycles. The van der Waals surface area contributed by atoms with E-state index in [0.29, 0.717) is 16.7 Å². The molecule has 3 aromatic rings. The molecular formula is C19H17ClO5. The summed E-state index contributed by atoms with van der Waals surface area (Å²) in [6.45, 7) is 1.98. The van der Waals surface area contributed by atoms with Crippen molar-refractivity contribution in [3.63, 3.8) is 0 Å². The maximum atomic E-state index is 12.5. The van der Waals surface area contributed by atoms with Crippen LogP contribution in [-0.4, -0.2) is 21.3 Å². The summed E-state index contributed by atoms with van der Waals surface area (Å²) in [5, 5.41) is 0.776. The van der Waals surface area contributed by atoms with Gasteiger partial charge in [-0.25, -0.2) is 4.79 Å². The first-order valence-corrected chi connectivity index (χ1v) is 7.92. The zero-order chi connectivity index (χ0) is 18.1. The summed E-state index contributed by atoms with van der Waals surface area (Å²) in [4.78, 5) is 12.5. The summed E-state index contributed by atoms with van der Waals surface area (Å²) in [5.74, 6) is 0.849. The van der Waals surface area contributed by atoms with Gasteiger partial charge in [-0.3, -0.25) is 0 Å². The van der Waals surface area contributed by atoms with Crippen LogP contribution in [0.15, 0.2) is 39.5 Å². The molecule has 5 nitrogen and oxygen atoms in total. The average Bonchev–Trinajstić information content (AvgIpc) is 2.61. The molecule has 1 aromatic heterocycles. The Kier molecular flexibility index (Phi) is 4.59. The molecule has 0 aliphatic rings. The van der Waals surface area contributed by atoms with E-state index in [0.717, 1.165) is 11.1 Å². The Morgan fingerprint density at radius 2 is 1.52 bits per heavy atom. The topological polar surface area (TPSA) is 57.9 Å². The molecule has 6 heteroatoms. The predicted octanol–water partition coefficient (Wildman–Crippen LogP) is 4.45. The number of halogens is 1. The van der Waals surface area contributed by atoms with Crippen molar-refractivity contribution in [3.05, 3.63) is 51.3 Å². The quantitative estimate of drug-likeness (QED) is 0.643. The van der Waals surface area contributed by atoms with E-state index in [2.05, 4.69) is 0 Å². The lowest BCUT2D eigenvalue weighted by molar-refractivity contribution is 0.347. The van der Waals surface area contributed by atoms with Gasteiger partial charge in [0.1, 0.15) is 5.02 Å². The summed E-state index contributed by atoms with van der Waals surface area (Å²) in [7, 11) is 4.39. The van der Waals surface area contributed by atoms with Crippen LogP contribution in [0.5, 0.6) is 17.2 Å². The molecule has 0 radical (unpaired) electrons. The molecule has 0 unspecified atom stereocenters. The Bertz CT molecular complexity index is 990. The highest BCUT2D eigenvalue weighted by Crippen LogP contribution is 2.48. The summed E-state index contributed by atoms with van der Waals surface area (Å²) < 4.78 is 21.6. The number of hydrogen-bond acceptors (Lipinski definition) is 5. The van der Waals surface area contributed by atoms with E-state index in [-0.39, 0.29) is 22.1 Å². The van der Waals surface area contributed by atoms with Crippen LogP contribution < -0.4 is 19.8 Å². The minimum absolute atomic E-state index is 0.224. The third-order valence-electron chi connectivity index (χ3n) is 3.98. The number of methoxy groups -OCH3 is 3. The Balaban J connectivity index is 2.40. The van der Waals surface area contributed by atoms with Gasteiger partial charge in [-0.2, -0.15) is 0 Å². The smallest absolute Gasteiger partial charge is 0.344 e. The SMILES string of the molecule is COc1c(Cl)c(OC)c2cc(-c3ccc(C)cc3)c(=O)oc2c1OC. The standard InChI is InChI=1S/C19H17ClO5/c1-10-5-7-11(8-6-10)12-9-13-15(22-2)14(20)17(23-3)18(24-4)16(13)25-19(12)21/h5-9H,1-4H3. The molecule has 0 spiro atoms. The summed E-state index contributed by atoms with van der Waals surface area (Å²) >= 11 is 6.38. The van der Waals surface area contributed by atoms with Crippen molar-refractivity contribution in [3.8, 4) is 28.4 Å². The van der Waals surface area contributed by atoms with Gasteiger partial charge in [-0.15, -0.1) is 0 Å². The minimum Gasteiger partial charge on any atom is -0.494 e. The molecule has 130 valence electrons. The second-order valence-electron chi connectivity index (χ2n) is 5.47. The van der Waals surface area contributed by atoms with Crippen molar-refractivity contribution in [2.45, 2.75) is 6.92 Å². The minimum atomic E-state index is -0.485. The van der Waals surface area contributed by atoms with Crippen molar-refractivity contribution in [2.75, 3.05) is 21.3 Å². The molecular weight excluding hydrogens is 344 g/mol. The molecule has 0 amide bonds. The zero-order valence-corrected chi connectivity index (χ0v) is 15.1. The third-order valence-corrected chi connectivity index (χ3v) is 4.32. The fourth-order valence-electron chi connectivity index (χ4n) is 2.73. The van der Waals surface area contributed by atoms with Crippen molar-refractivity contribution in [1.82, 2.24) is 0 Å². The van der Waals surface area contributed by atoms with Crippen LogP contribution in [0.3, 0.4) is 0 Å². The van der Waals surface area contributed by atoms with Crippen LogP contribution in [0.2, 0.25) is 5.02 Å². The first-order chi connectivity index (χ1) is 12.0. The van der Waals surface area contributed by atoms with E-state index in [1.54, 1.807) is 6.07 Å². The maximum absolute atomic E-state index is 12.5. The zero-order valence-electron chi connectivity index (χ0n) is 14.3. The third kappa shape index (κ3) is 2.81. The molecule has 0 bridgehead atoms. The molecule has 0 aliphatic carbocycles. The van der Waals surface area contributed by atoms with E-state index >= 15 is 0 Å². The average molecular weight is 361 g/mol. The predicted molar refractivity (Wildman–Crippen MR) is 97.3 cm³/mol. The van der Waals surface area contributed by atoms with Crippen molar-refractivity contribution in [1.29, 1.82) is 0 Å². The second-order valence-corrected chi connectivity index (χ2v) is 5.85. The Hall–Kier alpha value is -2.66. The number of aryl methyl sites for hydroxylation is 1. The number of fused-ring (bicyclic) bond motifs is 1. The van der Waals surface area contributed by atoms with Gasteiger partial charge in [0.15, 0.2) is 17.1 Å². The monoisotopic (exact) mass is 360 g/mol. The Morgan fingerprint density at radius 1 is 0.920 bits per heavy atom. The molecule has 2 aromatic carbocycles. The molecule has 0 N–H and O–H groups in total. The first-order valence-electron chi connectivity index (χ1n) is 7.54. The van der Waals surface area contributed by atoms with E-state index in [1.807, 2.05) is 31.2 Å². The molecule has 0 fully saturated rings. The van der Waals surface area contributed by atoms with E-state index < -0.39 is 5.63 Å². The molecule has 0 atom stereocenters. The fourth-order valence-corrected chi connectivity index (χ4v) is 3.08. The highest BCUT2D eigenvalue weighted by molar-refractivity contribution is 6.35. The summed E-state index contributed by atoms with van der Waals surface area (Å²) in [5.41, 5.74) is 1.99. The molecule has 0 saturated carbocycles. The van der Waals surface area contributed by atoms with E-state index in [4.69, 9.17) is 30.2 Å². The second kappa shape index (κ2) is 6.69. The molecule has 25 heavy (non-hydrogen) atoms. The Morgan fingerprint density at radius 3 is 2.08 bits per heavy atom. The van der Waals surface area contributed by atoms with Crippen LogP contribution in [0.25, 0.3) is 22.1 Å². The number of rotatable bonds is 4. The highest BCUT2D eigenvalue weighted by Gasteiger charge is 2.24. The first kappa shape index (κ1) is 17.2. The normalized spacial score (nSPS) is 10.8. The fraction of sp³-hybridized carbons (Fsp3) is 0.211. The number of benzene rings is 2. The van der Waals surface area contributed by atoms with Gasteiger partial charge in [0.25, 0.3) is 0 Å². The van der Waals surface area contributed by atoms with Crippen LogP contribution in [0.4, 0.5) is 0 Å². The lowest BCUT2D eigenvalue weighted by Crippen LogP contribution is -2.05. The van der Waals surface area contributed by atoms with Crippen molar-refractivity contribution < 1.29 is 18.6 Å².